The van der Waals surface area contributed by atoms with Crippen molar-refractivity contribution in [3.8, 4) is 0 Å². The van der Waals surface area contributed by atoms with Crippen molar-refractivity contribution in [2.24, 2.45) is 0 Å². The Kier molecular flexibility index (Phi) is 3.05. The van der Waals surface area contributed by atoms with Crippen molar-refractivity contribution in [1.82, 2.24) is 0 Å². The zero-order valence-electron chi connectivity index (χ0n) is 11.0. The van der Waals surface area contributed by atoms with Gasteiger partial charge in [-0.3, -0.25) is 4.79 Å². The highest BCUT2D eigenvalue weighted by Crippen LogP contribution is 2.41. The molecule has 1 aliphatic rings. The van der Waals surface area contributed by atoms with Crippen LogP contribution < -0.4 is 0 Å². The normalized spacial score (nSPS) is 17.1. The van der Waals surface area contributed by atoms with E-state index in [0.717, 1.165) is 16.7 Å². The highest BCUT2D eigenvalue weighted by atomic mass is 35.5. The third-order valence-corrected chi connectivity index (χ3v) is 5.24. The summed E-state index contributed by atoms with van der Waals surface area (Å²) in [4.78, 5) is 13.9. The van der Waals surface area contributed by atoms with Gasteiger partial charge in [-0.05, 0) is 23.8 Å². The number of para-hydroxylation sites is 1. The molecule has 1 aromatic heterocycles. The predicted octanol–water partition coefficient (Wildman–Crippen LogP) is 5.16. The van der Waals surface area contributed by atoms with Crippen molar-refractivity contribution < 1.29 is 9.21 Å². The van der Waals surface area contributed by atoms with Gasteiger partial charge in [0.25, 0.3) is 0 Å². The van der Waals surface area contributed by atoms with E-state index >= 15 is 0 Å². The molecule has 0 saturated heterocycles. The van der Waals surface area contributed by atoms with Gasteiger partial charge in [-0.1, -0.05) is 41.9 Å². The van der Waals surface area contributed by atoms with Gasteiger partial charge in [0.1, 0.15) is 0 Å². The molecule has 0 spiro atoms. The third kappa shape index (κ3) is 2.08. The number of carbonyl (C=O) groups is 1. The van der Waals surface area contributed by atoms with Crippen LogP contribution in [0.3, 0.4) is 0 Å². The van der Waals surface area contributed by atoms with Crippen LogP contribution in [-0.4, -0.2) is 11.5 Å². The molecular formula is C17H11ClO2S. The topological polar surface area (TPSA) is 30.2 Å². The number of fused-ring (bicyclic) bond motifs is 2. The molecule has 0 saturated carbocycles. The molecule has 0 aliphatic carbocycles. The lowest BCUT2D eigenvalue weighted by atomic mass is 9.95. The second-order valence-corrected chi connectivity index (χ2v) is 6.50. The van der Waals surface area contributed by atoms with Gasteiger partial charge in [0.2, 0.25) is 5.78 Å². The number of benzene rings is 2. The standard InChI is InChI=1S/C17H11ClO2S/c18-13-6-3-4-10-8-14(20-17(10)13)16(19)12-9-21-15-7-2-1-5-11(12)15/h1-8,12H,9H2. The number of halogens is 1. The van der Waals surface area contributed by atoms with Gasteiger partial charge < -0.3 is 4.42 Å². The number of Topliss-reactive ketones (excluding diaryl/α,β-unsaturated/α-hetero) is 1. The molecule has 2 nitrogen and oxygen atoms in total. The molecule has 0 bridgehead atoms. The van der Waals surface area contributed by atoms with Crippen molar-refractivity contribution in [3.63, 3.8) is 0 Å². The number of rotatable bonds is 2. The summed E-state index contributed by atoms with van der Waals surface area (Å²) in [5.41, 5.74) is 1.68. The zero-order chi connectivity index (χ0) is 14.4. The number of thioether (sulfide) groups is 1. The maximum Gasteiger partial charge on any atom is 0.206 e. The molecule has 0 fully saturated rings. The molecule has 1 atom stereocenters. The van der Waals surface area contributed by atoms with Gasteiger partial charge >= 0.3 is 0 Å². The van der Waals surface area contributed by atoms with Crippen LogP contribution in [0.5, 0.6) is 0 Å². The van der Waals surface area contributed by atoms with Crippen molar-refractivity contribution >= 4 is 40.1 Å². The first-order valence-corrected chi connectivity index (χ1v) is 8.04. The Morgan fingerprint density at radius 1 is 1.19 bits per heavy atom. The van der Waals surface area contributed by atoms with Gasteiger partial charge in [-0.25, -0.2) is 0 Å². The SMILES string of the molecule is O=C(c1cc2cccc(Cl)c2o1)C1CSc2ccccc21. The lowest BCUT2D eigenvalue weighted by Gasteiger charge is -2.06. The van der Waals surface area contributed by atoms with E-state index in [1.165, 1.54) is 4.90 Å². The highest BCUT2D eigenvalue weighted by Gasteiger charge is 2.31. The van der Waals surface area contributed by atoms with E-state index < -0.39 is 0 Å². The first-order valence-electron chi connectivity index (χ1n) is 6.68. The molecule has 2 heterocycles. The van der Waals surface area contributed by atoms with E-state index in [0.29, 0.717) is 16.4 Å². The molecule has 104 valence electrons. The first kappa shape index (κ1) is 13.0. The monoisotopic (exact) mass is 314 g/mol. The number of furan rings is 1. The zero-order valence-corrected chi connectivity index (χ0v) is 12.6. The van der Waals surface area contributed by atoms with E-state index in [1.807, 2.05) is 30.3 Å². The molecule has 21 heavy (non-hydrogen) atoms. The third-order valence-electron chi connectivity index (χ3n) is 3.76. The summed E-state index contributed by atoms with van der Waals surface area (Å²) < 4.78 is 5.70. The van der Waals surface area contributed by atoms with Crippen LogP contribution in [-0.2, 0) is 0 Å². The Balaban J connectivity index is 1.76. The lowest BCUT2D eigenvalue weighted by Crippen LogP contribution is -2.11. The Labute approximate surface area is 131 Å². The molecule has 0 radical (unpaired) electrons. The molecule has 3 aromatic rings. The minimum absolute atomic E-state index is 0.0275. The summed E-state index contributed by atoms with van der Waals surface area (Å²) in [6.07, 6.45) is 0. The average Bonchev–Trinajstić information content (AvgIpc) is 3.11. The van der Waals surface area contributed by atoms with Gasteiger partial charge in [0, 0.05) is 16.0 Å². The fourth-order valence-electron chi connectivity index (χ4n) is 2.70. The van der Waals surface area contributed by atoms with Crippen LogP contribution >= 0.6 is 23.4 Å². The van der Waals surface area contributed by atoms with Crippen LogP contribution in [0, 0.1) is 0 Å². The van der Waals surface area contributed by atoms with Crippen molar-refractivity contribution in [1.29, 1.82) is 0 Å². The van der Waals surface area contributed by atoms with Crippen LogP contribution in [0.4, 0.5) is 0 Å². The largest absolute Gasteiger partial charge is 0.451 e. The fraction of sp³-hybridized carbons (Fsp3) is 0.118. The number of hydrogen-bond acceptors (Lipinski definition) is 3. The Bertz CT molecular complexity index is 853. The maximum atomic E-state index is 12.7. The van der Waals surface area contributed by atoms with Crippen LogP contribution in [0.25, 0.3) is 11.0 Å². The summed E-state index contributed by atoms with van der Waals surface area (Å²) >= 11 is 7.83. The fourth-order valence-corrected chi connectivity index (χ4v) is 4.15. The Hall–Kier alpha value is -1.71. The minimum atomic E-state index is -0.134. The van der Waals surface area contributed by atoms with Gasteiger partial charge in [-0.15, -0.1) is 11.8 Å². The summed E-state index contributed by atoms with van der Waals surface area (Å²) in [5.74, 6) is 1.05. The highest BCUT2D eigenvalue weighted by molar-refractivity contribution is 7.99. The van der Waals surface area contributed by atoms with Crippen molar-refractivity contribution in [2.45, 2.75) is 10.8 Å². The van der Waals surface area contributed by atoms with E-state index in [4.69, 9.17) is 16.0 Å². The van der Waals surface area contributed by atoms with E-state index in [2.05, 4.69) is 6.07 Å². The molecule has 2 aromatic carbocycles. The second kappa shape index (κ2) is 4.93. The minimum Gasteiger partial charge on any atom is -0.451 e. The average molecular weight is 315 g/mol. The van der Waals surface area contributed by atoms with Gasteiger partial charge in [0.05, 0.1) is 10.9 Å². The van der Waals surface area contributed by atoms with E-state index in [-0.39, 0.29) is 11.7 Å². The number of carbonyl (C=O) groups excluding carboxylic acids is 1. The molecule has 1 aliphatic heterocycles. The lowest BCUT2D eigenvalue weighted by molar-refractivity contribution is 0.0943. The molecule has 4 heteroatoms. The van der Waals surface area contributed by atoms with Crippen molar-refractivity contribution in [3.05, 3.63) is 64.9 Å². The first-order chi connectivity index (χ1) is 10.2. The number of ketones is 1. The summed E-state index contributed by atoms with van der Waals surface area (Å²) in [7, 11) is 0. The molecule has 4 rings (SSSR count). The van der Waals surface area contributed by atoms with Crippen LogP contribution in [0.1, 0.15) is 22.0 Å². The second-order valence-electron chi connectivity index (χ2n) is 5.03. The quantitative estimate of drug-likeness (QED) is 0.612. The van der Waals surface area contributed by atoms with Gasteiger partial charge in [0.15, 0.2) is 11.3 Å². The Morgan fingerprint density at radius 2 is 2.05 bits per heavy atom. The summed E-state index contributed by atoms with van der Waals surface area (Å²) in [6.45, 7) is 0. The molecule has 1 unspecified atom stereocenters. The molecular weight excluding hydrogens is 304 g/mol. The summed E-state index contributed by atoms with van der Waals surface area (Å²) in [5, 5.41) is 1.40. The van der Waals surface area contributed by atoms with Crippen LogP contribution in [0.2, 0.25) is 5.02 Å². The molecule has 0 amide bonds. The smallest absolute Gasteiger partial charge is 0.206 e. The Morgan fingerprint density at radius 3 is 2.90 bits per heavy atom. The van der Waals surface area contributed by atoms with E-state index in [9.17, 15) is 4.79 Å². The predicted molar refractivity (Wildman–Crippen MR) is 85.5 cm³/mol. The maximum absolute atomic E-state index is 12.7. The summed E-state index contributed by atoms with van der Waals surface area (Å²) in [6, 6.07) is 15.4. The van der Waals surface area contributed by atoms with E-state index in [1.54, 1.807) is 23.9 Å². The molecule has 0 N–H and O–H groups in total. The van der Waals surface area contributed by atoms with Crippen LogP contribution in [0.15, 0.2) is 57.8 Å². The van der Waals surface area contributed by atoms with Crippen molar-refractivity contribution in [2.75, 3.05) is 5.75 Å². The number of hydrogen-bond donors (Lipinski definition) is 0. The van der Waals surface area contributed by atoms with Gasteiger partial charge in [-0.2, -0.15) is 0 Å².